The summed E-state index contributed by atoms with van der Waals surface area (Å²) in [4.78, 5) is 13.2. The first-order valence-corrected chi connectivity index (χ1v) is 5.29. The van der Waals surface area contributed by atoms with Gasteiger partial charge in [-0.05, 0) is 25.1 Å². The molecule has 1 aliphatic heterocycles. The predicted octanol–water partition coefficient (Wildman–Crippen LogP) is 1.16. The fraction of sp³-hybridized carbons (Fsp3) is 0.333. The number of hydrogen-bond acceptors (Lipinski definition) is 3. The molecule has 88 valence electrons. The maximum atomic E-state index is 11.7. The van der Waals surface area contributed by atoms with Crippen LogP contribution in [0.3, 0.4) is 0 Å². The van der Waals surface area contributed by atoms with Crippen molar-refractivity contribution in [3.63, 3.8) is 0 Å². The molecule has 2 amide bonds. The van der Waals surface area contributed by atoms with Crippen molar-refractivity contribution in [2.45, 2.75) is 12.5 Å². The van der Waals surface area contributed by atoms with E-state index in [2.05, 4.69) is 5.32 Å². The number of anilines is 1. The van der Waals surface area contributed by atoms with Crippen molar-refractivity contribution in [3.05, 3.63) is 29.8 Å². The topological polar surface area (TPSA) is 76.4 Å². The van der Waals surface area contributed by atoms with Gasteiger partial charge in [0.05, 0.1) is 30.3 Å². The van der Waals surface area contributed by atoms with Crippen LogP contribution in [0.2, 0.25) is 0 Å². The van der Waals surface area contributed by atoms with Crippen LogP contribution in [0.5, 0.6) is 0 Å². The minimum absolute atomic E-state index is 0.258. The van der Waals surface area contributed by atoms with Gasteiger partial charge in [-0.2, -0.15) is 5.26 Å². The largest absolute Gasteiger partial charge is 0.386 e. The first-order valence-electron chi connectivity index (χ1n) is 5.29. The number of nitriles is 1. The Labute approximate surface area is 99.3 Å². The number of carbonyl (C=O) groups excluding carboxylic acids is 1. The third-order valence-corrected chi connectivity index (χ3v) is 2.59. The van der Waals surface area contributed by atoms with Gasteiger partial charge in [-0.1, -0.05) is 6.07 Å². The van der Waals surface area contributed by atoms with Gasteiger partial charge in [-0.15, -0.1) is 0 Å². The van der Waals surface area contributed by atoms with E-state index in [0.29, 0.717) is 24.3 Å². The fourth-order valence-electron chi connectivity index (χ4n) is 1.79. The van der Waals surface area contributed by atoms with Crippen LogP contribution in [0.25, 0.3) is 0 Å². The molecular weight excluding hydrogens is 218 g/mol. The van der Waals surface area contributed by atoms with Gasteiger partial charge >= 0.3 is 6.03 Å². The van der Waals surface area contributed by atoms with Crippen molar-refractivity contribution in [2.24, 2.45) is 0 Å². The lowest BCUT2D eigenvalue weighted by Crippen LogP contribution is -2.62. The standard InChI is InChI=1S/C12H13N3O2/c1-12(17)7-15(8-12)11(16)14-10-4-2-3-9(5-10)6-13/h2-5,17H,7-8H2,1H3,(H,14,16). The van der Waals surface area contributed by atoms with Crippen molar-refractivity contribution >= 4 is 11.7 Å². The summed E-state index contributed by atoms with van der Waals surface area (Å²) in [5.41, 5.74) is 0.310. The van der Waals surface area contributed by atoms with Crippen molar-refractivity contribution in [1.29, 1.82) is 5.26 Å². The normalized spacial score (nSPS) is 16.9. The second-order valence-corrected chi connectivity index (χ2v) is 4.48. The molecule has 0 bridgehead atoms. The summed E-state index contributed by atoms with van der Waals surface area (Å²) < 4.78 is 0. The third kappa shape index (κ3) is 2.55. The highest BCUT2D eigenvalue weighted by Gasteiger charge is 2.39. The number of β-amino-alcohol motifs (C(OH)–C–C–N with tert-alkyl or cyclic N) is 1. The smallest absolute Gasteiger partial charge is 0.322 e. The van der Waals surface area contributed by atoms with E-state index in [4.69, 9.17) is 5.26 Å². The number of hydrogen-bond donors (Lipinski definition) is 2. The minimum Gasteiger partial charge on any atom is -0.386 e. The van der Waals surface area contributed by atoms with E-state index in [1.807, 2.05) is 6.07 Å². The lowest BCUT2D eigenvalue weighted by atomic mass is 9.98. The Morgan fingerprint density at radius 2 is 2.29 bits per heavy atom. The molecule has 0 unspecified atom stereocenters. The van der Waals surface area contributed by atoms with Crippen molar-refractivity contribution in [1.82, 2.24) is 4.90 Å². The SMILES string of the molecule is CC1(O)CN(C(=O)Nc2cccc(C#N)c2)C1. The Morgan fingerprint density at radius 3 is 2.88 bits per heavy atom. The molecule has 0 spiro atoms. The van der Waals surface area contributed by atoms with Crippen LogP contribution < -0.4 is 5.32 Å². The van der Waals surface area contributed by atoms with Crippen molar-refractivity contribution < 1.29 is 9.90 Å². The van der Waals surface area contributed by atoms with E-state index >= 15 is 0 Å². The van der Waals surface area contributed by atoms with Crippen LogP contribution in [0.15, 0.2) is 24.3 Å². The first kappa shape index (κ1) is 11.4. The van der Waals surface area contributed by atoms with E-state index in [0.717, 1.165) is 0 Å². The zero-order valence-electron chi connectivity index (χ0n) is 9.47. The Morgan fingerprint density at radius 1 is 1.59 bits per heavy atom. The van der Waals surface area contributed by atoms with E-state index in [1.54, 1.807) is 31.2 Å². The fourth-order valence-corrected chi connectivity index (χ4v) is 1.79. The molecule has 17 heavy (non-hydrogen) atoms. The van der Waals surface area contributed by atoms with E-state index in [9.17, 15) is 9.90 Å². The summed E-state index contributed by atoms with van der Waals surface area (Å²) >= 11 is 0. The number of nitrogens with one attached hydrogen (secondary N) is 1. The number of nitrogens with zero attached hydrogens (tertiary/aromatic N) is 2. The van der Waals surface area contributed by atoms with Gasteiger partial charge in [0.15, 0.2) is 0 Å². The molecule has 0 aliphatic carbocycles. The van der Waals surface area contributed by atoms with Crippen LogP contribution in [0, 0.1) is 11.3 Å². The number of likely N-dealkylation sites (tertiary alicyclic amines) is 1. The first-order chi connectivity index (χ1) is 8.00. The zero-order valence-corrected chi connectivity index (χ0v) is 9.47. The second kappa shape index (κ2) is 4.07. The van der Waals surface area contributed by atoms with E-state index < -0.39 is 5.60 Å². The summed E-state index contributed by atoms with van der Waals surface area (Å²) in [7, 11) is 0. The third-order valence-electron chi connectivity index (χ3n) is 2.59. The highest BCUT2D eigenvalue weighted by Crippen LogP contribution is 2.21. The van der Waals surface area contributed by atoms with Crippen molar-refractivity contribution in [2.75, 3.05) is 18.4 Å². The van der Waals surface area contributed by atoms with Gasteiger partial charge in [0, 0.05) is 5.69 Å². The van der Waals surface area contributed by atoms with Gasteiger partial charge in [0.25, 0.3) is 0 Å². The molecular formula is C12H13N3O2. The molecule has 2 N–H and O–H groups in total. The molecule has 1 fully saturated rings. The molecule has 1 saturated heterocycles. The molecule has 1 aromatic carbocycles. The molecule has 5 nitrogen and oxygen atoms in total. The number of urea groups is 1. The molecule has 0 saturated carbocycles. The average Bonchev–Trinajstić information content (AvgIpc) is 2.26. The van der Waals surface area contributed by atoms with E-state index in [1.165, 1.54) is 4.90 Å². The molecule has 1 aromatic rings. The molecule has 2 rings (SSSR count). The highest BCUT2D eigenvalue weighted by molar-refractivity contribution is 5.90. The molecule has 0 atom stereocenters. The predicted molar refractivity (Wildman–Crippen MR) is 62.4 cm³/mol. The quantitative estimate of drug-likeness (QED) is 0.761. The van der Waals surface area contributed by atoms with Gasteiger partial charge in [-0.25, -0.2) is 4.79 Å². The Hall–Kier alpha value is -2.06. The average molecular weight is 231 g/mol. The van der Waals surface area contributed by atoms with Crippen LogP contribution in [-0.2, 0) is 0 Å². The van der Waals surface area contributed by atoms with Gasteiger partial charge in [-0.3, -0.25) is 0 Å². The molecule has 1 aliphatic rings. The minimum atomic E-state index is -0.772. The van der Waals surface area contributed by atoms with Crippen LogP contribution in [-0.4, -0.2) is 34.7 Å². The molecule has 5 heteroatoms. The number of benzene rings is 1. The molecule has 0 radical (unpaired) electrons. The van der Waals surface area contributed by atoms with Crippen LogP contribution in [0.4, 0.5) is 10.5 Å². The summed E-state index contributed by atoms with van der Waals surface area (Å²) in [5, 5.41) is 20.9. The highest BCUT2D eigenvalue weighted by atomic mass is 16.3. The van der Waals surface area contributed by atoms with Gasteiger partial charge < -0.3 is 15.3 Å². The Balaban J connectivity index is 1.97. The zero-order chi connectivity index (χ0) is 12.5. The lowest BCUT2D eigenvalue weighted by molar-refractivity contribution is -0.0581. The molecule has 0 aromatic heterocycles. The lowest BCUT2D eigenvalue weighted by Gasteiger charge is -2.43. The number of amides is 2. The molecule has 1 heterocycles. The summed E-state index contributed by atoms with van der Waals surface area (Å²) in [6.07, 6.45) is 0. The van der Waals surface area contributed by atoms with Gasteiger partial charge in [0.2, 0.25) is 0 Å². The van der Waals surface area contributed by atoms with Crippen molar-refractivity contribution in [3.8, 4) is 6.07 Å². The maximum Gasteiger partial charge on any atom is 0.322 e. The van der Waals surface area contributed by atoms with Crippen LogP contribution in [0.1, 0.15) is 12.5 Å². The summed E-state index contributed by atoms with van der Waals surface area (Å²) in [5.74, 6) is 0. The number of aliphatic hydroxyl groups is 1. The number of carbonyl (C=O) groups is 1. The summed E-state index contributed by atoms with van der Waals surface area (Å²) in [6, 6.07) is 8.45. The monoisotopic (exact) mass is 231 g/mol. The Kier molecular flexibility index (Phi) is 2.74. The van der Waals surface area contributed by atoms with Crippen LogP contribution >= 0.6 is 0 Å². The van der Waals surface area contributed by atoms with E-state index in [-0.39, 0.29) is 6.03 Å². The second-order valence-electron chi connectivity index (χ2n) is 4.48. The Bertz CT molecular complexity index is 483. The van der Waals surface area contributed by atoms with Gasteiger partial charge in [0.1, 0.15) is 0 Å². The number of rotatable bonds is 1. The summed E-state index contributed by atoms with van der Waals surface area (Å²) in [6.45, 7) is 2.35. The maximum absolute atomic E-state index is 11.7.